The van der Waals surface area contributed by atoms with Crippen molar-refractivity contribution >= 4 is 17.4 Å². The molecule has 3 aromatic heterocycles. The highest BCUT2D eigenvalue weighted by molar-refractivity contribution is 5.96. The number of para-hydroxylation sites is 1. The summed E-state index contributed by atoms with van der Waals surface area (Å²) in [5, 5.41) is 7.25. The van der Waals surface area contributed by atoms with Crippen molar-refractivity contribution in [3.63, 3.8) is 0 Å². The molecule has 0 aliphatic rings. The van der Waals surface area contributed by atoms with Gasteiger partial charge in [0.05, 0.1) is 7.11 Å². The molecular formula is C20H18N6O2. The van der Waals surface area contributed by atoms with Crippen molar-refractivity contribution in [1.82, 2.24) is 24.9 Å². The largest absolute Gasteiger partial charge is 0.496 e. The summed E-state index contributed by atoms with van der Waals surface area (Å²) in [7, 11) is 1.60. The number of nitrogen functional groups attached to an aromatic ring is 1. The second kappa shape index (κ2) is 7.36. The molecule has 3 heterocycles. The lowest BCUT2D eigenvalue weighted by Gasteiger charge is -2.10. The van der Waals surface area contributed by atoms with E-state index in [4.69, 9.17) is 10.5 Å². The molecule has 0 bridgehead atoms. The van der Waals surface area contributed by atoms with E-state index in [0.29, 0.717) is 35.1 Å². The van der Waals surface area contributed by atoms with Crippen LogP contribution < -0.4 is 15.8 Å². The summed E-state index contributed by atoms with van der Waals surface area (Å²) in [6.07, 6.45) is 1.67. The minimum Gasteiger partial charge on any atom is -0.496 e. The van der Waals surface area contributed by atoms with Gasteiger partial charge in [0.25, 0.3) is 5.91 Å². The highest BCUT2D eigenvalue weighted by atomic mass is 16.5. The van der Waals surface area contributed by atoms with Gasteiger partial charge in [-0.3, -0.25) is 9.78 Å². The number of nitrogens with one attached hydrogen (secondary N) is 1. The van der Waals surface area contributed by atoms with Crippen molar-refractivity contribution in [1.29, 1.82) is 0 Å². The topological polar surface area (TPSA) is 107 Å². The Balaban J connectivity index is 1.59. The Hall–Kier alpha value is -3.94. The Bertz CT molecular complexity index is 1140. The molecule has 1 amide bonds. The number of methoxy groups -OCH3 is 1. The molecule has 0 saturated heterocycles. The summed E-state index contributed by atoms with van der Waals surface area (Å²) in [5.74, 6) is 1.21. The summed E-state index contributed by atoms with van der Waals surface area (Å²) in [6.45, 7) is 0.333. The molecule has 4 rings (SSSR count). The summed E-state index contributed by atoms with van der Waals surface area (Å²) in [4.78, 5) is 21.3. The highest BCUT2D eigenvalue weighted by Crippen LogP contribution is 2.19. The number of fused-ring (bicyclic) bond motifs is 1. The smallest absolute Gasteiger partial charge is 0.251 e. The van der Waals surface area contributed by atoms with Crippen molar-refractivity contribution in [3.05, 3.63) is 71.9 Å². The second-order valence-corrected chi connectivity index (χ2v) is 6.08. The van der Waals surface area contributed by atoms with Gasteiger partial charge in [0.15, 0.2) is 5.65 Å². The van der Waals surface area contributed by atoms with Crippen LogP contribution in [0.1, 0.15) is 15.9 Å². The summed E-state index contributed by atoms with van der Waals surface area (Å²) >= 11 is 0. The summed E-state index contributed by atoms with van der Waals surface area (Å²) < 4.78 is 6.79. The van der Waals surface area contributed by atoms with Gasteiger partial charge in [-0.25, -0.2) is 4.98 Å². The number of rotatable bonds is 5. The van der Waals surface area contributed by atoms with Crippen LogP contribution in [-0.4, -0.2) is 32.6 Å². The van der Waals surface area contributed by atoms with Crippen molar-refractivity contribution < 1.29 is 9.53 Å². The number of benzene rings is 1. The Kier molecular flexibility index (Phi) is 4.59. The van der Waals surface area contributed by atoms with E-state index >= 15 is 0 Å². The van der Waals surface area contributed by atoms with Gasteiger partial charge in [-0.15, -0.1) is 5.10 Å². The first-order valence-corrected chi connectivity index (χ1v) is 8.63. The molecule has 0 saturated carbocycles. The fourth-order valence-corrected chi connectivity index (χ4v) is 2.87. The first-order valence-electron chi connectivity index (χ1n) is 8.63. The number of amides is 1. The van der Waals surface area contributed by atoms with Crippen LogP contribution >= 0.6 is 0 Å². The zero-order chi connectivity index (χ0) is 19.5. The molecule has 3 N–H and O–H groups in total. The highest BCUT2D eigenvalue weighted by Gasteiger charge is 2.14. The lowest BCUT2D eigenvalue weighted by atomic mass is 10.2. The van der Waals surface area contributed by atoms with Crippen molar-refractivity contribution in [2.75, 3.05) is 12.8 Å². The number of carbonyl (C=O) groups is 1. The number of carbonyl (C=O) groups excluding carboxylic acids is 1. The minimum absolute atomic E-state index is 0.262. The zero-order valence-electron chi connectivity index (χ0n) is 15.2. The molecular weight excluding hydrogens is 356 g/mol. The quantitative estimate of drug-likeness (QED) is 0.555. The van der Waals surface area contributed by atoms with Gasteiger partial charge in [0.1, 0.15) is 17.3 Å². The van der Waals surface area contributed by atoms with Gasteiger partial charge in [-0.05, 0) is 30.3 Å². The molecule has 140 valence electrons. The van der Waals surface area contributed by atoms with Crippen LogP contribution in [0.4, 0.5) is 5.82 Å². The van der Waals surface area contributed by atoms with Crippen LogP contribution in [0.5, 0.6) is 5.75 Å². The van der Waals surface area contributed by atoms with E-state index in [1.54, 1.807) is 25.4 Å². The Labute approximate surface area is 161 Å². The average Bonchev–Trinajstić information content (AvgIpc) is 3.18. The third-order valence-corrected chi connectivity index (χ3v) is 4.25. The average molecular weight is 374 g/mol. The summed E-state index contributed by atoms with van der Waals surface area (Å²) in [6, 6.07) is 16.2. The number of pyridine rings is 2. The van der Waals surface area contributed by atoms with Crippen LogP contribution in [0.3, 0.4) is 0 Å². The van der Waals surface area contributed by atoms with E-state index < -0.39 is 0 Å². The molecule has 1 aromatic carbocycles. The molecule has 0 aliphatic carbocycles. The SMILES string of the molecule is COc1ccccc1CNC(=O)c1cc(N)n2nc(-c3ccccn3)nc2c1. The fourth-order valence-electron chi connectivity index (χ4n) is 2.87. The zero-order valence-corrected chi connectivity index (χ0v) is 15.2. The van der Waals surface area contributed by atoms with Gasteiger partial charge >= 0.3 is 0 Å². The molecule has 0 radical (unpaired) electrons. The molecule has 0 unspecified atom stereocenters. The Morgan fingerprint density at radius 3 is 2.79 bits per heavy atom. The van der Waals surface area contributed by atoms with E-state index in [9.17, 15) is 4.79 Å². The molecule has 4 aromatic rings. The normalized spacial score (nSPS) is 10.8. The predicted octanol–water partition coefficient (Wildman–Crippen LogP) is 2.31. The van der Waals surface area contributed by atoms with Crippen LogP contribution in [0, 0.1) is 0 Å². The van der Waals surface area contributed by atoms with E-state index in [2.05, 4.69) is 20.4 Å². The third kappa shape index (κ3) is 3.35. The van der Waals surface area contributed by atoms with E-state index in [1.807, 2.05) is 42.5 Å². The molecule has 0 aliphatic heterocycles. The van der Waals surface area contributed by atoms with Gasteiger partial charge in [-0.2, -0.15) is 4.52 Å². The maximum absolute atomic E-state index is 12.6. The molecule has 0 fully saturated rings. The number of nitrogens with zero attached hydrogens (tertiary/aromatic N) is 4. The maximum atomic E-state index is 12.6. The minimum atomic E-state index is -0.262. The molecule has 8 nitrogen and oxygen atoms in total. The van der Waals surface area contributed by atoms with Crippen molar-refractivity contribution in [2.24, 2.45) is 0 Å². The monoisotopic (exact) mass is 374 g/mol. The number of nitrogens with two attached hydrogens (primary N) is 1. The first-order chi connectivity index (χ1) is 13.7. The standard InChI is InChI=1S/C20H18N6O2/c1-28-16-8-3-2-6-13(16)12-23-20(27)14-10-17(21)26-18(11-14)24-19(25-26)15-7-4-5-9-22-15/h2-11H,12,21H2,1H3,(H,23,27). The van der Waals surface area contributed by atoms with E-state index in [0.717, 1.165) is 11.3 Å². The molecule has 28 heavy (non-hydrogen) atoms. The van der Waals surface area contributed by atoms with E-state index in [-0.39, 0.29) is 5.91 Å². The van der Waals surface area contributed by atoms with Crippen LogP contribution in [0.15, 0.2) is 60.8 Å². The van der Waals surface area contributed by atoms with Gasteiger partial charge in [-0.1, -0.05) is 24.3 Å². The lowest BCUT2D eigenvalue weighted by Crippen LogP contribution is -2.23. The van der Waals surface area contributed by atoms with E-state index in [1.165, 1.54) is 4.52 Å². The number of hydrogen-bond acceptors (Lipinski definition) is 6. The first kappa shape index (κ1) is 17.5. The fraction of sp³-hybridized carbons (Fsp3) is 0.100. The number of anilines is 1. The predicted molar refractivity (Wildman–Crippen MR) is 105 cm³/mol. The number of hydrogen-bond donors (Lipinski definition) is 2. The maximum Gasteiger partial charge on any atom is 0.251 e. The third-order valence-electron chi connectivity index (χ3n) is 4.25. The Morgan fingerprint density at radius 1 is 1.18 bits per heavy atom. The second-order valence-electron chi connectivity index (χ2n) is 6.08. The number of ether oxygens (including phenoxy) is 1. The van der Waals surface area contributed by atoms with Gasteiger partial charge < -0.3 is 15.8 Å². The van der Waals surface area contributed by atoms with Crippen molar-refractivity contribution in [2.45, 2.75) is 6.54 Å². The van der Waals surface area contributed by atoms with Gasteiger partial charge in [0, 0.05) is 23.9 Å². The molecule has 0 spiro atoms. The Morgan fingerprint density at radius 2 is 2.00 bits per heavy atom. The van der Waals surface area contributed by atoms with Crippen molar-refractivity contribution in [3.8, 4) is 17.3 Å². The summed E-state index contributed by atoms with van der Waals surface area (Å²) in [5.41, 5.74) is 8.47. The molecule has 0 atom stereocenters. The van der Waals surface area contributed by atoms with Gasteiger partial charge in [0.2, 0.25) is 5.82 Å². The lowest BCUT2D eigenvalue weighted by molar-refractivity contribution is 0.0950. The molecule has 8 heteroatoms. The number of aromatic nitrogens is 4. The van der Waals surface area contributed by atoms with Crippen LogP contribution in [0.2, 0.25) is 0 Å². The van der Waals surface area contributed by atoms with Crippen LogP contribution in [-0.2, 0) is 6.54 Å². The van der Waals surface area contributed by atoms with Crippen LogP contribution in [0.25, 0.3) is 17.2 Å².